The fourth-order valence-electron chi connectivity index (χ4n) is 2.15. The van der Waals surface area contributed by atoms with Crippen LogP contribution in [0.2, 0.25) is 0 Å². The lowest BCUT2D eigenvalue weighted by atomic mass is 10.2. The van der Waals surface area contributed by atoms with E-state index in [9.17, 15) is 14.4 Å². The molecule has 2 rings (SSSR count). The Labute approximate surface area is 128 Å². The normalized spacial score (nSPS) is 14.8. The third-order valence-electron chi connectivity index (χ3n) is 3.37. The molecule has 0 unspecified atom stereocenters. The van der Waals surface area contributed by atoms with Crippen LogP contribution in [0, 0.1) is 0 Å². The first-order valence-electron chi connectivity index (χ1n) is 7.02. The van der Waals surface area contributed by atoms with Crippen molar-refractivity contribution in [1.82, 2.24) is 15.1 Å². The molecule has 8 heteroatoms. The van der Waals surface area contributed by atoms with E-state index in [1.54, 1.807) is 17.0 Å². The fraction of sp³-hybridized carbons (Fsp3) is 0.500. The monoisotopic (exact) mass is 309 g/mol. The van der Waals surface area contributed by atoms with Crippen LogP contribution in [0.5, 0.6) is 0 Å². The number of nitrogens with one attached hydrogen (secondary N) is 1. The van der Waals surface area contributed by atoms with Gasteiger partial charge in [0.05, 0.1) is 12.9 Å². The number of carbonyl (C=O) groups is 3. The molecule has 1 saturated heterocycles. The summed E-state index contributed by atoms with van der Waals surface area (Å²) >= 11 is 0. The van der Waals surface area contributed by atoms with Crippen molar-refractivity contribution in [2.24, 2.45) is 0 Å². The summed E-state index contributed by atoms with van der Waals surface area (Å²) in [6.45, 7) is 2.03. The summed E-state index contributed by atoms with van der Waals surface area (Å²) in [4.78, 5) is 38.7. The highest BCUT2D eigenvalue weighted by molar-refractivity contribution is 6.35. The van der Waals surface area contributed by atoms with E-state index in [0.29, 0.717) is 32.8 Å². The molecule has 0 aliphatic carbocycles. The number of methoxy groups -OCH3 is 1. The Kier molecular flexibility index (Phi) is 5.54. The highest BCUT2D eigenvalue weighted by Gasteiger charge is 2.28. The van der Waals surface area contributed by atoms with Gasteiger partial charge in [-0.05, 0) is 12.1 Å². The van der Waals surface area contributed by atoms with Gasteiger partial charge in [-0.25, -0.2) is 0 Å². The first-order valence-corrected chi connectivity index (χ1v) is 7.02. The minimum absolute atomic E-state index is 0.207. The SMILES string of the molecule is COCCNC(=O)C(=O)N1CCN(C(=O)c2ccco2)CC1. The Hall–Kier alpha value is -2.35. The number of furan rings is 1. The lowest BCUT2D eigenvalue weighted by Crippen LogP contribution is -2.54. The summed E-state index contributed by atoms with van der Waals surface area (Å²) in [5.74, 6) is -1.16. The molecular weight excluding hydrogens is 290 g/mol. The molecule has 2 heterocycles. The van der Waals surface area contributed by atoms with Crippen LogP contribution in [0.1, 0.15) is 10.6 Å². The zero-order valence-corrected chi connectivity index (χ0v) is 12.4. The Morgan fingerprint density at radius 3 is 2.50 bits per heavy atom. The molecule has 1 fully saturated rings. The van der Waals surface area contributed by atoms with Crippen molar-refractivity contribution in [2.75, 3.05) is 46.4 Å². The lowest BCUT2D eigenvalue weighted by molar-refractivity contribution is -0.146. The van der Waals surface area contributed by atoms with Gasteiger partial charge in [0.2, 0.25) is 0 Å². The van der Waals surface area contributed by atoms with E-state index in [1.807, 2.05) is 0 Å². The number of carbonyl (C=O) groups excluding carboxylic acids is 3. The molecule has 0 spiro atoms. The average molecular weight is 309 g/mol. The molecule has 3 amide bonds. The smallest absolute Gasteiger partial charge is 0.312 e. The van der Waals surface area contributed by atoms with Gasteiger partial charge < -0.3 is 24.3 Å². The second-order valence-corrected chi connectivity index (χ2v) is 4.81. The van der Waals surface area contributed by atoms with Crippen LogP contribution in [-0.2, 0) is 14.3 Å². The average Bonchev–Trinajstić information content (AvgIpc) is 3.08. The van der Waals surface area contributed by atoms with Crippen LogP contribution in [-0.4, -0.2) is 74.0 Å². The second-order valence-electron chi connectivity index (χ2n) is 4.81. The van der Waals surface area contributed by atoms with Crippen LogP contribution in [0.3, 0.4) is 0 Å². The zero-order valence-electron chi connectivity index (χ0n) is 12.4. The Morgan fingerprint density at radius 2 is 1.91 bits per heavy atom. The minimum atomic E-state index is -0.650. The quantitative estimate of drug-likeness (QED) is 0.588. The Balaban J connectivity index is 1.80. The van der Waals surface area contributed by atoms with Crippen molar-refractivity contribution in [2.45, 2.75) is 0 Å². The van der Waals surface area contributed by atoms with Gasteiger partial charge in [-0.15, -0.1) is 0 Å². The predicted octanol–water partition coefficient (Wildman–Crippen LogP) is -0.673. The maximum atomic E-state index is 12.1. The van der Waals surface area contributed by atoms with Crippen molar-refractivity contribution < 1.29 is 23.5 Å². The summed E-state index contributed by atoms with van der Waals surface area (Å²) in [7, 11) is 1.52. The van der Waals surface area contributed by atoms with E-state index < -0.39 is 11.8 Å². The molecule has 1 aliphatic rings. The summed E-state index contributed by atoms with van der Waals surface area (Å²) in [6, 6.07) is 3.25. The number of rotatable bonds is 4. The number of piperazine rings is 1. The van der Waals surface area contributed by atoms with Crippen LogP contribution >= 0.6 is 0 Å². The first-order chi connectivity index (χ1) is 10.6. The molecule has 0 radical (unpaired) electrons. The van der Waals surface area contributed by atoms with Gasteiger partial charge in [0, 0.05) is 39.8 Å². The van der Waals surface area contributed by atoms with Crippen molar-refractivity contribution in [3.05, 3.63) is 24.2 Å². The van der Waals surface area contributed by atoms with E-state index in [-0.39, 0.29) is 18.2 Å². The van der Waals surface area contributed by atoms with Crippen molar-refractivity contribution in [1.29, 1.82) is 0 Å². The molecule has 0 bridgehead atoms. The van der Waals surface area contributed by atoms with E-state index in [1.165, 1.54) is 18.3 Å². The highest BCUT2D eigenvalue weighted by Crippen LogP contribution is 2.09. The van der Waals surface area contributed by atoms with Gasteiger partial charge >= 0.3 is 11.8 Å². The van der Waals surface area contributed by atoms with E-state index in [0.717, 1.165) is 0 Å². The molecule has 1 aliphatic heterocycles. The van der Waals surface area contributed by atoms with Gasteiger partial charge in [-0.3, -0.25) is 14.4 Å². The molecule has 8 nitrogen and oxygen atoms in total. The minimum Gasteiger partial charge on any atom is -0.459 e. The van der Waals surface area contributed by atoms with E-state index >= 15 is 0 Å². The number of hydrogen-bond donors (Lipinski definition) is 1. The molecule has 1 N–H and O–H groups in total. The number of hydrogen-bond acceptors (Lipinski definition) is 5. The van der Waals surface area contributed by atoms with Gasteiger partial charge in [-0.1, -0.05) is 0 Å². The molecule has 120 valence electrons. The van der Waals surface area contributed by atoms with Gasteiger partial charge in [-0.2, -0.15) is 0 Å². The molecule has 0 aromatic carbocycles. The van der Waals surface area contributed by atoms with Crippen molar-refractivity contribution in [3.63, 3.8) is 0 Å². The summed E-state index contributed by atoms with van der Waals surface area (Å²) in [5, 5.41) is 2.49. The van der Waals surface area contributed by atoms with Crippen molar-refractivity contribution >= 4 is 17.7 Å². The van der Waals surface area contributed by atoms with Crippen LogP contribution in [0.15, 0.2) is 22.8 Å². The largest absolute Gasteiger partial charge is 0.459 e. The molecule has 0 saturated carbocycles. The number of nitrogens with zero attached hydrogens (tertiary/aromatic N) is 2. The summed E-state index contributed by atoms with van der Waals surface area (Å²) in [6.07, 6.45) is 1.44. The summed E-state index contributed by atoms with van der Waals surface area (Å²) in [5.41, 5.74) is 0. The topological polar surface area (TPSA) is 92.1 Å². The number of amides is 3. The van der Waals surface area contributed by atoms with Gasteiger partial charge in [0.25, 0.3) is 5.91 Å². The molecule has 0 atom stereocenters. The van der Waals surface area contributed by atoms with Crippen LogP contribution < -0.4 is 5.32 Å². The van der Waals surface area contributed by atoms with Crippen molar-refractivity contribution in [3.8, 4) is 0 Å². The molecule has 1 aromatic heterocycles. The van der Waals surface area contributed by atoms with E-state index in [4.69, 9.17) is 9.15 Å². The second kappa shape index (κ2) is 7.60. The van der Waals surface area contributed by atoms with Crippen LogP contribution in [0.4, 0.5) is 0 Å². The predicted molar refractivity (Wildman–Crippen MR) is 76.1 cm³/mol. The Bertz CT molecular complexity index is 521. The zero-order chi connectivity index (χ0) is 15.9. The third kappa shape index (κ3) is 3.85. The Morgan fingerprint density at radius 1 is 1.23 bits per heavy atom. The van der Waals surface area contributed by atoms with Gasteiger partial charge in [0.1, 0.15) is 0 Å². The molecule has 22 heavy (non-hydrogen) atoms. The fourth-order valence-corrected chi connectivity index (χ4v) is 2.15. The third-order valence-corrected chi connectivity index (χ3v) is 3.37. The molecular formula is C14H19N3O5. The number of ether oxygens (including phenoxy) is 1. The summed E-state index contributed by atoms with van der Waals surface area (Å²) < 4.78 is 9.87. The van der Waals surface area contributed by atoms with Gasteiger partial charge in [0.15, 0.2) is 5.76 Å². The standard InChI is InChI=1S/C14H19N3O5/c1-21-10-4-15-12(18)14(20)17-7-5-16(6-8-17)13(19)11-3-2-9-22-11/h2-3,9H,4-8,10H2,1H3,(H,15,18). The first kappa shape index (κ1) is 16.0. The maximum absolute atomic E-state index is 12.1. The lowest BCUT2D eigenvalue weighted by Gasteiger charge is -2.33. The molecule has 1 aromatic rings. The van der Waals surface area contributed by atoms with E-state index in [2.05, 4.69) is 5.32 Å². The highest BCUT2D eigenvalue weighted by atomic mass is 16.5. The van der Waals surface area contributed by atoms with Crippen LogP contribution in [0.25, 0.3) is 0 Å². The maximum Gasteiger partial charge on any atom is 0.312 e.